The first-order valence-electron chi connectivity index (χ1n) is 4.83. The summed E-state index contributed by atoms with van der Waals surface area (Å²) in [5, 5.41) is 17.6. The second-order valence-corrected chi connectivity index (χ2v) is 7.32. The minimum absolute atomic E-state index is 0.943. The highest BCUT2D eigenvalue weighted by atomic mass is 32.2. The molecule has 5 heteroatoms. The lowest BCUT2D eigenvalue weighted by Crippen LogP contribution is -2.47. The quantitative estimate of drug-likeness (QED) is 0.672. The average molecular weight is 234 g/mol. The minimum atomic E-state index is -3.55. The lowest BCUT2D eigenvalue weighted by atomic mass is 10.0. The molecule has 0 amide bonds. The lowest BCUT2D eigenvalue weighted by molar-refractivity contribution is 0.0814. The fraction of sp³-hybridized carbons (Fsp3) is 0.800. The molecule has 1 rings (SSSR count). The van der Waals surface area contributed by atoms with Gasteiger partial charge in [-0.2, -0.15) is 0 Å². The molecular weight excluding hydrogens is 216 g/mol. The SMILES string of the molecule is CC(C)(O)[C@H]1C=C[C@@H](C(C)(C)O)S1(=O)=O. The van der Waals surface area contributed by atoms with E-state index in [2.05, 4.69) is 0 Å². The van der Waals surface area contributed by atoms with Crippen LogP contribution in [0.15, 0.2) is 12.2 Å². The van der Waals surface area contributed by atoms with E-state index in [0.717, 1.165) is 0 Å². The third-order valence-electron chi connectivity index (χ3n) is 2.56. The zero-order valence-corrected chi connectivity index (χ0v) is 10.2. The number of hydrogen-bond acceptors (Lipinski definition) is 4. The predicted octanol–water partition coefficient (Wildman–Crippen LogP) is 0.250. The maximum Gasteiger partial charge on any atom is 0.168 e. The van der Waals surface area contributed by atoms with E-state index in [1.54, 1.807) is 0 Å². The molecule has 0 aromatic heterocycles. The molecule has 4 nitrogen and oxygen atoms in total. The topological polar surface area (TPSA) is 74.6 Å². The molecule has 0 aliphatic carbocycles. The maximum atomic E-state index is 12.0. The molecule has 0 saturated carbocycles. The molecule has 1 aliphatic rings. The smallest absolute Gasteiger partial charge is 0.168 e. The van der Waals surface area contributed by atoms with E-state index in [4.69, 9.17) is 0 Å². The van der Waals surface area contributed by atoms with Gasteiger partial charge in [-0.3, -0.25) is 0 Å². The highest BCUT2D eigenvalue weighted by molar-refractivity contribution is 7.93. The molecule has 2 N–H and O–H groups in total. The van der Waals surface area contributed by atoms with E-state index in [-0.39, 0.29) is 0 Å². The third-order valence-corrected chi connectivity index (χ3v) is 5.44. The summed E-state index contributed by atoms with van der Waals surface area (Å²) in [6.45, 7) is 5.80. The molecule has 0 saturated heterocycles. The Kier molecular flexibility index (Phi) is 2.79. The van der Waals surface area contributed by atoms with Crippen molar-refractivity contribution >= 4 is 9.84 Å². The van der Waals surface area contributed by atoms with Crippen LogP contribution < -0.4 is 0 Å². The first kappa shape index (κ1) is 12.7. The molecule has 0 aromatic carbocycles. The third kappa shape index (κ3) is 2.24. The molecule has 2 atom stereocenters. The van der Waals surface area contributed by atoms with Crippen LogP contribution in [-0.4, -0.2) is 40.3 Å². The standard InChI is InChI=1S/C10H18O4S/c1-9(2,11)7-5-6-8(10(3,4)12)15(7,13)14/h5-8,11-12H,1-4H3/t7-,8+. The Labute approximate surface area is 90.5 Å². The molecule has 0 spiro atoms. The van der Waals surface area contributed by atoms with E-state index < -0.39 is 31.5 Å². The first-order valence-corrected chi connectivity index (χ1v) is 6.44. The van der Waals surface area contributed by atoms with Crippen LogP contribution >= 0.6 is 0 Å². The Bertz CT molecular complexity index is 337. The molecule has 0 radical (unpaired) electrons. The Hall–Kier alpha value is -0.390. The summed E-state index contributed by atoms with van der Waals surface area (Å²) in [6, 6.07) is 0. The normalized spacial score (nSPS) is 30.8. The number of aliphatic hydroxyl groups is 2. The lowest BCUT2D eigenvalue weighted by Gasteiger charge is -2.29. The predicted molar refractivity (Wildman–Crippen MR) is 58.2 cm³/mol. The van der Waals surface area contributed by atoms with Crippen LogP contribution in [0.5, 0.6) is 0 Å². The number of sulfone groups is 1. The second kappa shape index (κ2) is 3.30. The highest BCUT2D eigenvalue weighted by Crippen LogP contribution is 2.33. The van der Waals surface area contributed by atoms with E-state index in [1.165, 1.54) is 39.8 Å². The monoisotopic (exact) mass is 234 g/mol. The minimum Gasteiger partial charge on any atom is -0.389 e. The van der Waals surface area contributed by atoms with Gasteiger partial charge in [0, 0.05) is 0 Å². The molecule has 0 unspecified atom stereocenters. The van der Waals surface area contributed by atoms with Gasteiger partial charge in [0.1, 0.15) is 10.5 Å². The average Bonchev–Trinajstić information content (AvgIpc) is 2.21. The van der Waals surface area contributed by atoms with Crippen molar-refractivity contribution in [2.24, 2.45) is 0 Å². The van der Waals surface area contributed by atoms with Crippen molar-refractivity contribution in [1.29, 1.82) is 0 Å². The molecule has 0 bridgehead atoms. The summed E-state index contributed by atoms with van der Waals surface area (Å²) in [5.74, 6) is 0. The van der Waals surface area contributed by atoms with Gasteiger partial charge < -0.3 is 10.2 Å². The Morgan fingerprint density at radius 1 is 0.933 bits per heavy atom. The molecule has 0 fully saturated rings. The van der Waals surface area contributed by atoms with Gasteiger partial charge in [-0.25, -0.2) is 8.42 Å². The van der Waals surface area contributed by atoms with Crippen LogP contribution in [0.2, 0.25) is 0 Å². The summed E-state index contributed by atoms with van der Waals surface area (Å²) in [5.41, 5.74) is -2.65. The zero-order valence-electron chi connectivity index (χ0n) is 9.43. The van der Waals surface area contributed by atoms with E-state index >= 15 is 0 Å². The van der Waals surface area contributed by atoms with Gasteiger partial charge in [-0.05, 0) is 27.7 Å². The summed E-state index contributed by atoms with van der Waals surface area (Å²) in [7, 11) is -3.55. The Morgan fingerprint density at radius 3 is 1.33 bits per heavy atom. The number of rotatable bonds is 2. The van der Waals surface area contributed by atoms with Gasteiger partial charge in [0.05, 0.1) is 11.2 Å². The van der Waals surface area contributed by atoms with E-state index in [9.17, 15) is 18.6 Å². The van der Waals surface area contributed by atoms with Crippen LogP contribution in [0.4, 0.5) is 0 Å². The van der Waals surface area contributed by atoms with Gasteiger partial charge in [0.25, 0.3) is 0 Å². The van der Waals surface area contributed by atoms with Crippen molar-refractivity contribution in [2.75, 3.05) is 0 Å². The van der Waals surface area contributed by atoms with Gasteiger partial charge >= 0.3 is 0 Å². The van der Waals surface area contributed by atoms with Crippen LogP contribution in [0.3, 0.4) is 0 Å². The van der Waals surface area contributed by atoms with Crippen molar-refractivity contribution in [2.45, 2.75) is 49.4 Å². The Balaban J connectivity index is 3.14. The van der Waals surface area contributed by atoms with Crippen LogP contribution in [-0.2, 0) is 9.84 Å². The van der Waals surface area contributed by atoms with Crippen molar-refractivity contribution in [3.8, 4) is 0 Å². The van der Waals surface area contributed by atoms with Crippen molar-refractivity contribution in [3.05, 3.63) is 12.2 Å². The molecule has 15 heavy (non-hydrogen) atoms. The van der Waals surface area contributed by atoms with Crippen LogP contribution in [0, 0.1) is 0 Å². The second-order valence-electron chi connectivity index (χ2n) is 5.12. The summed E-state index contributed by atoms with van der Waals surface area (Å²) >= 11 is 0. The van der Waals surface area contributed by atoms with Gasteiger partial charge in [-0.1, -0.05) is 12.2 Å². The largest absolute Gasteiger partial charge is 0.389 e. The molecule has 88 valence electrons. The molecule has 1 aliphatic heterocycles. The van der Waals surface area contributed by atoms with E-state index in [1.807, 2.05) is 0 Å². The first-order chi connectivity index (χ1) is 6.47. The van der Waals surface area contributed by atoms with Gasteiger partial charge in [-0.15, -0.1) is 0 Å². The van der Waals surface area contributed by atoms with Crippen molar-refractivity contribution in [1.82, 2.24) is 0 Å². The van der Waals surface area contributed by atoms with Crippen molar-refractivity contribution < 1.29 is 18.6 Å². The summed E-state index contributed by atoms with van der Waals surface area (Å²) in [4.78, 5) is 0. The van der Waals surface area contributed by atoms with Crippen LogP contribution in [0.25, 0.3) is 0 Å². The summed E-state index contributed by atoms with van der Waals surface area (Å²) in [6.07, 6.45) is 2.91. The van der Waals surface area contributed by atoms with Crippen molar-refractivity contribution in [3.63, 3.8) is 0 Å². The van der Waals surface area contributed by atoms with Crippen LogP contribution in [0.1, 0.15) is 27.7 Å². The summed E-state index contributed by atoms with van der Waals surface area (Å²) < 4.78 is 24.0. The van der Waals surface area contributed by atoms with E-state index in [0.29, 0.717) is 0 Å². The highest BCUT2D eigenvalue weighted by Gasteiger charge is 2.49. The van der Waals surface area contributed by atoms with Gasteiger partial charge in [0.2, 0.25) is 0 Å². The fourth-order valence-electron chi connectivity index (χ4n) is 1.85. The zero-order chi connectivity index (χ0) is 12.1. The molecule has 1 heterocycles. The Morgan fingerprint density at radius 2 is 1.20 bits per heavy atom. The number of hydrogen-bond donors (Lipinski definition) is 2. The van der Waals surface area contributed by atoms with Gasteiger partial charge in [0.15, 0.2) is 9.84 Å². The molecular formula is C10H18O4S. The molecule has 0 aromatic rings. The maximum absolute atomic E-state index is 12.0. The fourth-order valence-corrected chi connectivity index (χ4v) is 4.40.